The number of nitrogens with two attached hydrogens (primary N) is 1. The maximum absolute atomic E-state index is 9.10. The smallest absolute Gasteiger partial charge is 0.0499 e. The number of hydrogen-bond acceptors (Lipinski definition) is 2. The van der Waals surface area contributed by atoms with Crippen LogP contribution in [0.5, 0.6) is 0 Å². The summed E-state index contributed by atoms with van der Waals surface area (Å²) >= 11 is 0. The van der Waals surface area contributed by atoms with Gasteiger partial charge in [-0.25, -0.2) is 0 Å². The molecule has 3 N–H and O–H groups in total. The fourth-order valence-corrected chi connectivity index (χ4v) is 1.20. The number of rotatable bonds is 5. The Balaban J connectivity index is 4.00. The van der Waals surface area contributed by atoms with Crippen LogP contribution >= 0.6 is 0 Å². The first-order valence-electron chi connectivity index (χ1n) is 4.41. The predicted molar refractivity (Wildman–Crippen MR) is 48.3 cm³/mol. The third-order valence-corrected chi connectivity index (χ3v) is 2.74. The Kier molecular flexibility index (Phi) is 4.69. The average Bonchev–Trinajstić information content (AvgIpc) is 2.03. The molecule has 0 aliphatic carbocycles. The number of aliphatic hydroxyl groups is 1. The highest BCUT2D eigenvalue weighted by Gasteiger charge is 2.27. The average molecular weight is 159 g/mol. The number of hydrogen-bond donors (Lipinski definition) is 2. The molecule has 0 aliphatic rings. The van der Waals surface area contributed by atoms with Gasteiger partial charge >= 0.3 is 0 Å². The van der Waals surface area contributed by atoms with Gasteiger partial charge in [0.05, 0.1) is 0 Å². The third kappa shape index (κ3) is 2.80. The second kappa shape index (κ2) is 4.73. The van der Waals surface area contributed by atoms with Crippen LogP contribution in [0.15, 0.2) is 0 Å². The third-order valence-electron chi connectivity index (χ3n) is 2.74. The lowest BCUT2D eigenvalue weighted by Gasteiger charge is -2.32. The second-order valence-corrected chi connectivity index (χ2v) is 3.71. The zero-order valence-corrected chi connectivity index (χ0v) is 7.93. The van der Waals surface area contributed by atoms with Gasteiger partial charge in [-0.15, -0.1) is 0 Å². The van der Waals surface area contributed by atoms with Crippen molar-refractivity contribution in [3.05, 3.63) is 0 Å². The molecule has 2 heteroatoms. The molecule has 0 aliphatic heterocycles. The summed E-state index contributed by atoms with van der Waals surface area (Å²) in [6.45, 7) is 7.14. The standard InChI is InChI=1S/C9H21NO/c1-4-5-8(2)9(3,6-10)7-11/h8,11H,4-7,10H2,1-3H3. The van der Waals surface area contributed by atoms with E-state index < -0.39 is 0 Å². The van der Waals surface area contributed by atoms with Gasteiger partial charge in [0.1, 0.15) is 0 Å². The summed E-state index contributed by atoms with van der Waals surface area (Å²) in [5.41, 5.74) is 5.52. The summed E-state index contributed by atoms with van der Waals surface area (Å²) in [6, 6.07) is 0. The van der Waals surface area contributed by atoms with Crippen LogP contribution in [-0.4, -0.2) is 18.3 Å². The molecule has 0 saturated carbocycles. The van der Waals surface area contributed by atoms with E-state index in [9.17, 15) is 0 Å². The molecule has 0 aromatic carbocycles. The van der Waals surface area contributed by atoms with Crippen LogP contribution in [0.25, 0.3) is 0 Å². The van der Waals surface area contributed by atoms with Gasteiger partial charge in [0.15, 0.2) is 0 Å². The lowest BCUT2D eigenvalue weighted by molar-refractivity contribution is 0.0895. The molecule has 2 unspecified atom stereocenters. The van der Waals surface area contributed by atoms with Gasteiger partial charge in [0.25, 0.3) is 0 Å². The molecule has 0 rings (SSSR count). The summed E-state index contributed by atoms with van der Waals surface area (Å²) in [5, 5.41) is 9.10. The summed E-state index contributed by atoms with van der Waals surface area (Å²) in [7, 11) is 0. The zero-order valence-electron chi connectivity index (χ0n) is 7.93. The van der Waals surface area contributed by atoms with Crippen molar-refractivity contribution in [2.75, 3.05) is 13.2 Å². The van der Waals surface area contributed by atoms with Crippen molar-refractivity contribution in [2.24, 2.45) is 17.1 Å². The van der Waals surface area contributed by atoms with E-state index in [-0.39, 0.29) is 12.0 Å². The van der Waals surface area contributed by atoms with E-state index in [0.717, 1.165) is 12.8 Å². The van der Waals surface area contributed by atoms with Gasteiger partial charge in [-0.2, -0.15) is 0 Å². The minimum absolute atomic E-state index is 0.0734. The lowest BCUT2D eigenvalue weighted by Crippen LogP contribution is -2.37. The summed E-state index contributed by atoms with van der Waals surface area (Å²) < 4.78 is 0. The SMILES string of the molecule is CCCC(C)C(C)(CN)CO. The van der Waals surface area contributed by atoms with Gasteiger partial charge < -0.3 is 10.8 Å². The van der Waals surface area contributed by atoms with Gasteiger partial charge in [0, 0.05) is 18.6 Å². The Hall–Kier alpha value is -0.0800. The highest BCUT2D eigenvalue weighted by atomic mass is 16.3. The minimum Gasteiger partial charge on any atom is -0.396 e. The zero-order chi connectivity index (χ0) is 8.91. The first-order chi connectivity index (χ1) is 5.10. The van der Waals surface area contributed by atoms with Crippen molar-refractivity contribution in [3.63, 3.8) is 0 Å². The first-order valence-corrected chi connectivity index (χ1v) is 4.41. The highest BCUT2D eigenvalue weighted by molar-refractivity contribution is 4.79. The molecule has 0 fully saturated rings. The van der Waals surface area contributed by atoms with Crippen molar-refractivity contribution in [1.82, 2.24) is 0 Å². The first kappa shape index (κ1) is 10.9. The van der Waals surface area contributed by atoms with Crippen LogP contribution in [0.1, 0.15) is 33.6 Å². The molecule has 0 bridgehead atoms. The Morgan fingerprint density at radius 1 is 1.55 bits per heavy atom. The molecule has 11 heavy (non-hydrogen) atoms. The number of aliphatic hydroxyl groups excluding tert-OH is 1. The van der Waals surface area contributed by atoms with Crippen molar-refractivity contribution in [2.45, 2.75) is 33.6 Å². The summed E-state index contributed by atoms with van der Waals surface area (Å²) in [4.78, 5) is 0. The van der Waals surface area contributed by atoms with E-state index in [1.807, 2.05) is 6.92 Å². The fraction of sp³-hybridized carbons (Fsp3) is 1.00. The monoisotopic (exact) mass is 159 g/mol. The lowest BCUT2D eigenvalue weighted by atomic mass is 9.77. The van der Waals surface area contributed by atoms with Crippen LogP contribution in [-0.2, 0) is 0 Å². The topological polar surface area (TPSA) is 46.2 Å². The molecular formula is C9H21NO. The van der Waals surface area contributed by atoms with Crippen molar-refractivity contribution in [1.29, 1.82) is 0 Å². The van der Waals surface area contributed by atoms with Gasteiger partial charge in [-0.1, -0.05) is 33.6 Å². The fourth-order valence-electron chi connectivity index (χ4n) is 1.20. The Labute approximate surface area is 69.8 Å². The molecular weight excluding hydrogens is 138 g/mol. The molecule has 0 heterocycles. The van der Waals surface area contributed by atoms with Crippen LogP contribution in [0.4, 0.5) is 0 Å². The van der Waals surface area contributed by atoms with Crippen LogP contribution in [0.3, 0.4) is 0 Å². The molecule has 0 aromatic rings. The van der Waals surface area contributed by atoms with E-state index in [4.69, 9.17) is 10.8 Å². The normalized spacial score (nSPS) is 19.4. The predicted octanol–water partition coefficient (Wildman–Crippen LogP) is 1.38. The molecule has 0 radical (unpaired) electrons. The van der Waals surface area contributed by atoms with Crippen molar-refractivity contribution >= 4 is 0 Å². The minimum atomic E-state index is -0.0734. The van der Waals surface area contributed by atoms with E-state index >= 15 is 0 Å². The quantitative estimate of drug-likeness (QED) is 0.636. The van der Waals surface area contributed by atoms with E-state index in [0.29, 0.717) is 12.5 Å². The van der Waals surface area contributed by atoms with Crippen molar-refractivity contribution in [3.8, 4) is 0 Å². The highest BCUT2D eigenvalue weighted by Crippen LogP contribution is 2.28. The van der Waals surface area contributed by atoms with Crippen molar-refractivity contribution < 1.29 is 5.11 Å². The van der Waals surface area contributed by atoms with Crippen LogP contribution < -0.4 is 5.73 Å². The Bertz CT molecular complexity index is 99.7. The molecule has 0 aromatic heterocycles. The van der Waals surface area contributed by atoms with Crippen LogP contribution in [0.2, 0.25) is 0 Å². The Morgan fingerprint density at radius 2 is 2.09 bits per heavy atom. The summed E-state index contributed by atoms with van der Waals surface area (Å²) in [6.07, 6.45) is 2.31. The second-order valence-electron chi connectivity index (χ2n) is 3.71. The molecule has 2 atom stereocenters. The molecule has 68 valence electrons. The van der Waals surface area contributed by atoms with Gasteiger partial charge in [0.2, 0.25) is 0 Å². The molecule has 0 spiro atoms. The summed E-state index contributed by atoms with van der Waals surface area (Å²) in [5.74, 6) is 0.516. The van der Waals surface area contributed by atoms with E-state index in [1.165, 1.54) is 0 Å². The van der Waals surface area contributed by atoms with Gasteiger partial charge in [-0.3, -0.25) is 0 Å². The maximum atomic E-state index is 9.10. The van der Waals surface area contributed by atoms with E-state index in [1.54, 1.807) is 0 Å². The largest absolute Gasteiger partial charge is 0.396 e. The molecule has 2 nitrogen and oxygen atoms in total. The molecule has 0 saturated heterocycles. The Morgan fingerprint density at radius 3 is 2.36 bits per heavy atom. The van der Waals surface area contributed by atoms with Gasteiger partial charge in [-0.05, 0) is 5.92 Å². The maximum Gasteiger partial charge on any atom is 0.0499 e. The molecule has 0 amide bonds. The van der Waals surface area contributed by atoms with E-state index in [2.05, 4.69) is 13.8 Å². The van der Waals surface area contributed by atoms with Crippen LogP contribution in [0, 0.1) is 11.3 Å².